The summed E-state index contributed by atoms with van der Waals surface area (Å²) < 4.78 is 4.77. The first-order valence-electron chi connectivity index (χ1n) is 12.2. The Labute approximate surface area is 203 Å². The SMILES string of the molecule is CC(C)=CCn1c(N2CCCC(N)C2)nc2c1c(=O)n(Cc1cccc3ccccc13)c(=O)n2C. The molecule has 8 heteroatoms. The molecule has 0 saturated carbocycles. The van der Waals surface area contributed by atoms with Crippen LogP contribution in [0.5, 0.6) is 0 Å². The van der Waals surface area contributed by atoms with Crippen LogP contribution in [0.4, 0.5) is 5.95 Å². The van der Waals surface area contributed by atoms with Crippen molar-refractivity contribution < 1.29 is 0 Å². The summed E-state index contributed by atoms with van der Waals surface area (Å²) in [5, 5.41) is 2.11. The summed E-state index contributed by atoms with van der Waals surface area (Å²) >= 11 is 0. The Kier molecular flexibility index (Phi) is 6.06. The van der Waals surface area contributed by atoms with E-state index in [2.05, 4.69) is 11.0 Å². The summed E-state index contributed by atoms with van der Waals surface area (Å²) in [5.74, 6) is 0.697. The first-order chi connectivity index (χ1) is 16.8. The van der Waals surface area contributed by atoms with Crippen LogP contribution in [-0.4, -0.2) is 37.8 Å². The number of piperidine rings is 1. The summed E-state index contributed by atoms with van der Waals surface area (Å²) in [6.45, 7) is 6.26. The summed E-state index contributed by atoms with van der Waals surface area (Å²) in [5.41, 5.74) is 8.49. The van der Waals surface area contributed by atoms with Crippen LogP contribution in [-0.2, 0) is 20.1 Å². The Bertz CT molecular complexity index is 1550. The van der Waals surface area contributed by atoms with Gasteiger partial charge in [-0.05, 0) is 43.0 Å². The average molecular weight is 473 g/mol. The lowest BCUT2D eigenvalue weighted by Gasteiger charge is -2.31. The van der Waals surface area contributed by atoms with Crippen molar-refractivity contribution in [2.24, 2.45) is 12.8 Å². The number of benzene rings is 2. The van der Waals surface area contributed by atoms with E-state index in [-0.39, 0.29) is 23.8 Å². The topological polar surface area (TPSA) is 91.1 Å². The van der Waals surface area contributed by atoms with Crippen molar-refractivity contribution in [3.8, 4) is 0 Å². The van der Waals surface area contributed by atoms with Crippen LogP contribution in [0.15, 0.2) is 63.7 Å². The molecule has 0 aliphatic carbocycles. The van der Waals surface area contributed by atoms with Crippen LogP contribution in [0.2, 0.25) is 0 Å². The molecule has 3 heterocycles. The Hall–Kier alpha value is -3.65. The van der Waals surface area contributed by atoms with E-state index >= 15 is 0 Å². The molecule has 4 aromatic rings. The molecular formula is C27H32N6O2. The first kappa shape index (κ1) is 23.1. The van der Waals surface area contributed by atoms with Gasteiger partial charge in [-0.2, -0.15) is 4.98 Å². The fourth-order valence-corrected chi connectivity index (χ4v) is 4.98. The normalized spacial score (nSPS) is 16.2. The molecule has 1 fully saturated rings. The third-order valence-corrected chi connectivity index (χ3v) is 6.84. The fourth-order valence-electron chi connectivity index (χ4n) is 4.98. The molecule has 5 rings (SSSR count). The first-order valence-corrected chi connectivity index (χ1v) is 12.2. The van der Waals surface area contributed by atoms with Crippen LogP contribution in [0.1, 0.15) is 32.3 Å². The molecule has 2 aromatic carbocycles. The van der Waals surface area contributed by atoms with Gasteiger partial charge in [0.2, 0.25) is 5.95 Å². The lowest BCUT2D eigenvalue weighted by atomic mass is 10.0. The molecule has 2 N–H and O–H groups in total. The number of nitrogens with zero attached hydrogens (tertiary/aromatic N) is 5. The Morgan fingerprint density at radius 3 is 2.66 bits per heavy atom. The standard InChI is InChI=1S/C27H32N6O2/c1-18(2)13-15-32-23-24(29-26(32)31-14-7-11-21(28)17-31)30(3)27(35)33(25(23)34)16-20-10-6-9-19-8-4-5-12-22(19)20/h4-6,8-10,12-13,21H,7,11,14-17,28H2,1-3H3. The van der Waals surface area contributed by atoms with Gasteiger partial charge in [0.1, 0.15) is 0 Å². The molecule has 1 aliphatic heterocycles. The van der Waals surface area contributed by atoms with E-state index in [1.165, 1.54) is 9.13 Å². The monoisotopic (exact) mass is 472 g/mol. The van der Waals surface area contributed by atoms with Gasteiger partial charge in [-0.1, -0.05) is 54.1 Å². The van der Waals surface area contributed by atoms with Crippen LogP contribution in [0, 0.1) is 0 Å². The maximum absolute atomic E-state index is 13.9. The second kappa shape index (κ2) is 9.19. The van der Waals surface area contributed by atoms with Crippen LogP contribution in [0.3, 0.4) is 0 Å². The molecular weight excluding hydrogens is 440 g/mol. The van der Waals surface area contributed by atoms with E-state index in [1.54, 1.807) is 7.05 Å². The summed E-state index contributed by atoms with van der Waals surface area (Å²) in [6.07, 6.45) is 4.02. The lowest BCUT2D eigenvalue weighted by Crippen LogP contribution is -2.44. The van der Waals surface area contributed by atoms with Crippen LogP contribution >= 0.6 is 0 Å². The maximum atomic E-state index is 13.9. The highest BCUT2D eigenvalue weighted by Gasteiger charge is 2.26. The van der Waals surface area contributed by atoms with Crippen molar-refractivity contribution in [3.63, 3.8) is 0 Å². The number of allylic oxidation sites excluding steroid dienone is 2. The Morgan fingerprint density at radius 1 is 1.11 bits per heavy atom. The molecule has 0 amide bonds. The number of rotatable bonds is 5. The van der Waals surface area contributed by atoms with E-state index in [9.17, 15) is 9.59 Å². The highest BCUT2D eigenvalue weighted by Crippen LogP contribution is 2.24. The molecule has 0 bridgehead atoms. The van der Waals surface area contributed by atoms with E-state index in [1.807, 2.05) is 60.9 Å². The largest absolute Gasteiger partial charge is 0.341 e. The molecule has 0 radical (unpaired) electrons. The van der Waals surface area contributed by atoms with Gasteiger partial charge < -0.3 is 15.2 Å². The van der Waals surface area contributed by atoms with Crippen molar-refractivity contribution >= 4 is 27.9 Å². The van der Waals surface area contributed by atoms with Crippen molar-refractivity contribution in [1.82, 2.24) is 18.7 Å². The van der Waals surface area contributed by atoms with Crippen molar-refractivity contribution in [1.29, 1.82) is 0 Å². The number of fused-ring (bicyclic) bond motifs is 2. The predicted octanol–water partition coefficient (Wildman–Crippen LogP) is 2.99. The average Bonchev–Trinajstić information content (AvgIpc) is 3.24. The van der Waals surface area contributed by atoms with Gasteiger partial charge in [0, 0.05) is 32.7 Å². The van der Waals surface area contributed by atoms with Crippen molar-refractivity contribution in [2.75, 3.05) is 18.0 Å². The van der Waals surface area contributed by atoms with Gasteiger partial charge in [-0.3, -0.25) is 13.9 Å². The summed E-state index contributed by atoms with van der Waals surface area (Å²) in [7, 11) is 1.69. The molecule has 182 valence electrons. The minimum absolute atomic E-state index is 0.0623. The number of imidazole rings is 1. The number of aromatic nitrogens is 4. The van der Waals surface area contributed by atoms with Gasteiger partial charge in [-0.15, -0.1) is 0 Å². The molecule has 2 aromatic heterocycles. The maximum Gasteiger partial charge on any atom is 0.332 e. The molecule has 1 unspecified atom stereocenters. The highest BCUT2D eigenvalue weighted by atomic mass is 16.2. The number of nitrogens with two attached hydrogens (primary N) is 1. The second-order valence-corrected chi connectivity index (χ2v) is 9.70. The van der Waals surface area contributed by atoms with E-state index in [0.29, 0.717) is 30.2 Å². The quantitative estimate of drug-likeness (QED) is 0.451. The molecule has 1 atom stereocenters. The number of hydrogen-bond donors (Lipinski definition) is 1. The van der Waals surface area contributed by atoms with Crippen molar-refractivity contribution in [2.45, 2.75) is 45.8 Å². The van der Waals surface area contributed by atoms with E-state index < -0.39 is 0 Å². The number of anilines is 1. The molecule has 0 spiro atoms. The fraction of sp³-hybridized carbons (Fsp3) is 0.370. The minimum Gasteiger partial charge on any atom is -0.341 e. The molecule has 8 nitrogen and oxygen atoms in total. The van der Waals surface area contributed by atoms with Gasteiger partial charge >= 0.3 is 5.69 Å². The number of aryl methyl sites for hydroxylation is 1. The van der Waals surface area contributed by atoms with Gasteiger partial charge in [0.05, 0.1) is 6.54 Å². The Balaban J connectivity index is 1.72. The van der Waals surface area contributed by atoms with E-state index in [0.717, 1.165) is 41.3 Å². The van der Waals surface area contributed by atoms with Crippen LogP contribution < -0.4 is 21.9 Å². The highest BCUT2D eigenvalue weighted by molar-refractivity contribution is 5.85. The minimum atomic E-state index is -0.371. The molecule has 1 saturated heterocycles. The Morgan fingerprint density at radius 2 is 1.89 bits per heavy atom. The van der Waals surface area contributed by atoms with Crippen LogP contribution in [0.25, 0.3) is 21.9 Å². The zero-order valence-corrected chi connectivity index (χ0v) is 20.6. The zero-order valence-electron chi connectivity index (χ0n) is 20.6. The zero-order chi connectivity index (χ0) is 24.7. The summed E-state index contributed by atoms with van der Waals surface area (Å²) in [6, 6.07) is 14.0. The lowest BCUT2D eigenvalue weighted by molar-refractivity contribution is 0.495. The van der Waals surface area contributed by atoms with Crippen molar-refractivity contribution in [3.05, 3.63) is 80.5 Å². The van der Waals surface area contributed by atoms with Gasteiger partial charge in [0.15, 0.2) is 11.2 Å². The summed E-state index contributed by atoms with van der Waals surface area (Å²) in [4.78, 5) is 34.2. The van der Waals surface area contributed by atoms with Gasteiger partial charge in [0.25, 0.3) is 5.56 Å². The van der Waals surface area contributed by atoms with Gasteiger partial charge in [-0.25, -0.2) is 4.79 Å². The third kappa shape index (κ3) is 4.18. The molecule has 1 aliphatic rings. The predicted molar refractivity (Wildman–Crippen MR) is 141 cm³/mol. The smallest absolute Gasteiger partial charge is 0.332 e. The number of hydrogen-bond acceptors (Lipinski definition) is 5. The van der Waals surface area contributed by atoms with E-state index in [4.69, 9.17) is 10.7 Å². The second-order valence-electron chi connectivity index (χ2n) is 9.70. The third-order valence-electron chi connectivity index (χ3n) is 6.84. The molecule has 35 heavy (non-hydrogen) atoms.